The van der Waals surface area contributed by atoms with E-state index in [1.807, 2.05) is 18.3 Å². The number of aryl methyl sites for hydroxylation is 1. The summed E-state index contributed by atoms with van der Waals surface area (Å²) in [4.78, 5) is 4.36. The molecule has 1 aromatic carbocycles. The standard InChI is InChI=1S/C17H24FN3/c1-4-8-21-9-7-19-17(21)11-15-10-14(5-6-16(15)18)12-20-13(2)3/h5-7,9-10,13,20H,4,8,11-12H2,1-3H3. The van der Waals surface area contributed by atoms with E-state index in [4.69, 9.17) is 0 Å². The minimum atomic E-state index is -0.158. The van der Waals surface area contributed by atoms with Crippen LogP contribution in [0.15, 0.2) is 30.6 Å². The second-order valence-electron chi connectivity index (χ2n) is 5.68. The lowest BCUT2D eigenvalue weighted by Gasteiger charge is -2.11. The van der Waals surface area contributed by atoms with Crippen LogP contribution in [0.3, 0.4) is 0 Å². The van der Waals surface area contributed by atoms with Gasteiger partial charge in [-0.2, -0.15) is 0 Å². The highest BCUT2D eigenvalue weighted by Gasteiger charge is 2.09. The molecule has 0 amide bonds. The Labute approximate surface area is 126 Å². The van der Waals surface area contributed by atoms with Crippen molar-refractivity contribution in [2.75, 3.05) is 0 Å². The SMILES string of the molecule is CCCn1ccnc1Cc1cc(CNC(C)C)ccc1F. The van der Waals surface area contributed by atoms with Gasteiger partial charge in [-0.15, -0.1) is 0 Å². The van der Waals surface area contributed by atoms with Crippen LogP contribution in [0.5, 0.6) is 0 Å². The lowest BCUT2D eigenvalue weighted by molar-refractivity contribution is 0.581. The molecule has 0 saturated heterocycles. The van der Waals surface area contributed by atoms with Crippen LogP contribution in [0, 0.1) is 5.82 Å². The van der Waals surface area contributed by atoms with Crippen LogP contribution in [0.2, 0.25) is 0 Å². The molecule has 0 spiro atoms. The highest BCUT2D eigenvalue weighted by Crippen LogP contribution is 2.15. The van der Waals surface area contributed by atoms with Crippen LogP contribution in [-0.4, -0.2) is 15.6 Å². The molecule has 114 valence electrons. The van der Waals surface area contributed by atoms with Crippen molar-refractivity contribution in [3.8, 4) is 0 Å². The Balaban J connectivity index is 2.14. The number of benzene rings is 1. The zero-order valence-electron chi connectivity index (χ0n) is 13.1. The molecule has 0 fully saturated rings. The Kier molecular flexibility index (Phi) is 5.51. The van der Waals surface area contributed by atoms with Crippen molar-refractivity contribution in [2.24, 2.45) is 0 Å². The predicted octanol–water partition coefficient (Wildman–Crippen LogP) is 3.52. The Morgan fingerprint density at radius 3 is 2.86 bits per heavy atom. The van der Waals surface area contributed by atoms with Crippen LogP contribution in [0.4, 0.5) is 4.39 Å². The van der Waals surface area contributed by atoms with Gasteiger partial charge in [0.05, 0.1) is 0 Å². The van der Waals surface area contributed by atoms with Gasteiger partial charge in [-0.1, -0.05) is 32.9 Å². The Morgan fingerprint density at radius 2 is 2.14 bits per heavy atom. The average Bonchev–Trinajstić information content (AvgIpc) is 2.87. The predicted molar refractivity (Wildman–Crippen MR) is 83.7 cm³/mol. The van der Waals surface area contributed by atoms with Gasteiger partial charge in [-0.25, -0.2) is 9.37 Å². The molecule has 0 atom stereocenters. The second-order valence-corrected chi connectivity index (χ2v) is 5.68. The third-order valence-electron chi connectivity index (χ3n) is 3.44. The molecule has 0 radical (unpaired) electrons. The minimum absolute atomic E-state index is 0.158. The van der Waals surface area contributed by atoms with E-state index in [0.717, 1.165) is 30.9 Å². The summed E-state index contributed by atoms with van der Waals surface area (Å²) in [5.74, 6) is 0.763. The zero-order valence-corrected chi connectivity index (χ0v) is 13.1. The Hall–Kier alpha value is -1.68. The molecule has 4 heteroatoms. The van der Waals surface area contributed by atoms with Crippen molar-refractivity contribution in [1.29, 1.82) is 0 Å². The topological polar surface area (TPSA) is 29.9 Å². The monoisotopic (exact) mass is 289 g/mol. The van der Waals surface area contributed by atoms with Crippen LogP contribution < -0.4 is 5.32 Å². The highest BCUT2D eigenvalue weighted by molar-refractivity contribution is 5.27. The van der Waals surface area contributed by atoms with Crippen molar-refractivity contribution in [1.82, 2.24) is 14.9 Å². The van der Waals surface area contributed by atoms with E-state index in [2.05, 4.69) is 35.6 Å². The quantitative estimate of drug-likeness (QED) is 0.845. The summed E-state index contributed by atoms with van der Waals surface area (Å²) in [6, 6.07) is 5.75. The molecule has 0 aliphatic rings. The van der Waals surface area contributed by atoms with Crippen LogP contribution in [0.25, 0.3) is 0 Å². The van der Waals surface area contributed by atoms with Crippen molar-refractivity contribution in [3.63, 3.8) is 0 Å². The molecule has 0 saturated carbocycles. The third kappa shape index (κ3) is 4.39. The number of rotatable bonds is 7. The molecular weight excluding hydrogens is 265 g/mol. The average molecular weight is 289 g/mol. The Bertz CT molecular complexity index is 575. The summed E-state index contributed by atoms with van der Waals surface area (Å²) in [6.45, 7) is 8.01. The van der Waals surface area contributed by atoms with Crippen LogP contribution in [0.1, 0.15) is 44.1 Å². The maximum absolute atomic E-state index is 14.0. The van der Waals surface area contributed by atoms with E-state index in [9.17, 15) is 4.39 Å². The molecule has 0 unspecified atom stereocenters. The summed E-state index contributed by atoms with van der Waals surface area (Å²) >= 11 is 0. The summed E-state index contributed by atoms with van der Waals surface area (Å²) in [6.07, 6.45) is 5.33. The highest BCUT2D eigenvalue weighted by atomic mass is 19.1. The summed E-state index contributed by atoms with van der Waals surface area (Å²) < 4.78 is 16.1. The van der Waals surface area contributed by atoms with Gasteiger partial charge in [0.2, 0.25) is 0 Å². The number of hydrogen-bond donors (Lipinski definition) is 1. The fourth-order valence-electron chi connectivity index (χ4n) is 2.32. The first-order chi connectivity index (χ1) is 10.1. The van der Waals surface area contributed by atoms with Crippen LogP contribution in [-0.2, 0) is 19.5 Å². The van der Waals surface area contributed by atoms with E-state index in [-0.39, 0.29) is 5.82 Å². The molecule has 0 aliphatic heterocycles. The van der Waals surface area contributed by atoms with Gasteiger partial charge >= 0.3 is 0 Å². The fourth-order valence-corrected chi connectivity index (χ4v) is 2.32. The first-order valence-corrected chi connectivity index (χ1v) is 7.60. The molecule has 2 rings (SSSR count). The molecule has 1 heterocycles. The molecular formula is C17H24FN3. The second kappa shape index (κ2) is 7.36. The van der Waals surface area contributed by atoms with Crippen molar-refractivity contribution in [2.45, 2.75) is 52.7 Å². The largest absolute Gasteiger partial charge is 0.335 e. The van der Waals surface area contributed by atoms with E-state index >= 15 is 0 Å². The molecule has 0 aliphatic carbocycles. The molecule has 21 heavy (non-hydrogen) atoms. The van der Waals surface area contributed by atoms with Gasteiger partial charge in [0.25, 0.3) is 0 Å². The van der Waals surface area contributed by atoms with Gasteiger partial charge in [0, 0.05) is 37.9 Å². The van der Waals surface area contributed by atoms with Crippen molar-refractivity contribution < 1.29 is 4.39 Å². The van der Waals surface area contributed by atoms with E-state index in [1.54, 1.807) is 12.3 Å². The molecule has 1 aromatic heterocycles. The minimum Gasteiger partial charge on any atom is -0.335 e. The lowest BCUT2D eigenvalue weighted by Crippen LogP contribution is -2.21. The zero-order chi connectivity index (χ0) is 15.2. The van der Waals surface area contributed by atoms with Crippen molar-refractivity contribution in [3.05, 3.63) is 53.4 Å². The normalized spacial score (nSPS) is 11.3. The number of halogens is 1. The number of nitrogens with one attached hydrogen (secondary N) is 1. The number of hydrogen-bond acceptors (Lipinski definition) is 2. The smallest absolute Gasteiger partial charge is 0.126 e. The Morgan fingerprint density at radius 1 is 1.33 bits per heavy atom. The van der Waals surface area contributed by atoms with Crippen molar-refractivity contribution >= 4 is 0 Å². The van der Waals surface area contributed by atoms with Gasteiger partial charge < -0.3 is 9.88 Å². The molecule has 3 nitrogen and oxygen atoms in total. The first kappa shape index (κ1) is 15.7. The van der Waals surface area contributed by atoms with Gasteiger partial charge in [-0.05, 0) is 23.6 Å². The summed E-state index contributed by atoms with van der Waals surface area (Å²) in [7, 11) is 0. The summed E-state index contributed by atoms with van der Waals surface area (Å²) in [5.41, 5.74) is 1.82. The molecule has 2 aromatic rings. The third-order valence-corrected chi connectivity index (χ3v) is 3.44. The number of aromatic nitrogens is 2. The van der Waals surface area contributed by atoms with E-state index in [0.29, 0.717) is 18.0 Å². The number of nitrogens with zero attached hydrogens (tertiary/aromatic N) is 2. The lowest BCUT2D eigenvalue weighted by atomic mass is 10.1. The van der Waals surface area contributed by atoms with Crippen LogP contribution >= 0.6 is 0 Å². The number of imidazole rings is 1. The van der Waals surface area contributed by atoms with Gasteiger partial charge in [0.15, 0.2) is 0 Å². The maximum Gasteiger partial charge on any atom is 0.126 e. The van der Waals surface area contributed by atoms with E-state index < -0.39 is 0 Å². The van der Waals surface area contributed by atoms with Gasteiger partial charge in [-0.3, -0.25) is 0 Å². The molecule has 0 bridgehead atoms. The first-order valence-electron chi connectivity index (χ1n) is 7.60. The summed E-state index contributed by atoms with van der Waals surface area (Å²) in [5, 5.41) is 3.36. The fraction of sp³-hybridized carbons (Fsp3) is 0.471. The maximum atomic E-state index is 14.0. The molecule has 1 N–H and O–H groups in total. The van der Waals surface area contributed by atoms with E-state index in [1.165, 1.54) is 0 Å². The van der Waals surface area contributed by atoms with Gasteiger partial charge in [0.1, 0.15) is 11.6 Å².